The third-order valence-electron chi connectivity index (χ3n) is 4.45. The van der Waals surface area contributed by atoms with Gasteiger partial charge in [-0.25, -0.2) is 0 Å². The minimum Gasteiger partial charge on any atom is -0.314 e. The van der Waals surface area contributed by atoms with Gasteiger partial charge in [0.05, 0.1) is 0 Å². The molecule has 3 atom stereocenters. The fraction of sp³-hybridized carbons (Fsp3) is 1.00. The van der Waals surface area contributed by atoms with E-state index in [9.17, 15) is 0 Å². The van der Waals surface area contributed by atoms with E-state index < -0.39 is 0 Å². The third-order valence-corrected chi connectivity index (χ3v) is 4.45. The Bertz CT molecular complexity index is 232. The Morgan fingerprint density at radius 1 is 1.22 bits per heavy atom. The molecule has 0 aliphatic carbocycles. The van der Waals surface area contributed by atoms with Crippen molar-refractivity contribution < 1.29 is 0 Å². The summed E-state index contributed by atoms with van der Waals surface area (Å²) in [5.41, 5.74) is 0.362. The van der Waals surface area contributed by atoms with E-state index in [0.29, 0.717) is 11.5 Å². The van der Waals surface area contributed by atoms with Gasteiger partial charge < -0.3 is 10.2 Å². The second-order valence-corrected chi connectivity index (χ2v) is 7.29. The number of hydrogen-bond acceptors (Lipinski definition) is 2. The maximum absolute atomic E-state index is 3.66. The zero-order chi connectivity index (χ0) is 13.8. The molecule has 3 unspecified atom stereocenters. The minimum atomic E-state index is 0.362. The fourth-order valence-electron chi connectivity index (χ4n) is 3.07. The summed E-state index contributed by atoms with van der Waals surface area (Å²) in [4.78, 5) is 2.70. The Morgan fingerprint density at radius 3 is 2.44 bits per heavy atom. The van der Waals surface area contributed by atoms with E-state index in [-0.39, 0.29) is 0 Å². The van der Waals surface area contributed by atoms with Crippen LogP contribution in [0.1, 0.15) is 60.8 Å². The van der Waals surface area contributed by atoms with E-state index in [1.807, 2.05) is 0 Å². The van der Waals surface area contributed by atoms with Gasteiger partial charge in [0.1, 0.15) is 0 Å². The summed E-state index contributed by atoms with van der Waals surface area (Å²) in [5.74, 6) is 0.883. The van der Waals surface area contributed by atoms with Gasteiger partial charge in [-0.15, -0.1) is 0 Å². The van der Waals surface area contributed by atoms with E-state index in [1.54, 1.807) is 0 Å². The summed E-state index contributed by atoms with van der Waals surface area (Å²) in [6.07, 6.45) is 4.06. The van der Waals surface area contributed by atoms with Crippen molar-refractivity contribution in [1.29, 1.82) is 0 Å². The smallest absolute Gasteiger partial charge is 0.0128 e. The van der Waals surface area contributed by atoms with Crippen molar-refractivity contribution in [3.8, 4) is 0 Å². The van der Waals surface area contributed by atoms with E-state index >= 15 is 0 Å². The van der Waals surface area contributed by atoms with Crippen molar-refractivity contribution in [2.24, 2.45) is 11.3 Å². The molecule has 1 N–H and O–H groups in total. The molecule has 0 aromatic heterocycles. The van der Waals surface area contributed by atoms with Crippen molar-refractivity contribution in [2.45, 2.75) is 72.9 Å². The molecule has 0 aromatic rings. The molecule has 0 spiro atoms. The highest BCUT2D eigenvalue weighted by Crippen LogP contribution is 2.25. The van der Waals surface area contributed by atoms with Crippen LogP contribution in [0.15, 0.2) is 0 Å². The first-order valence-electron chi connectivity index (χ1n) is 7.82. The Kier molecular flexibility index (Phi) is 6.13. The minimum absolute atomic E-state index is 0.362. The standard InChI is InChI=1S/C16H34N2/c1-7-17-15(16(4,5)6)10-11-18-12-13(2)8-9-14(18)3/h13-15,17H,7-12H2,1-6H3. The Morgan fingerprint density at radius 2 is 1.89 bits per heavy atom. The molecule has 1 aliphatic heterocycles. The summed E-state index contributed by atoms with van der Waals surface area (Å²) in [6.45, 7) is 17.7. The van der Waals surface area contributed by atoms with Crippen molar-refractivity contribution in [2.75, 3.05) is 19.6 Å². The van der Waals surface area contributed by atoms with Crippen LogP contribution in [0.5, 0.6) is 0 Å². The third kappa shape index (κ3) is 4.89. The van der Waals surface area contributed by atoms with Crippen molar-refractivity contribution in [3.05, 3.63) is 0 Å². The van der Waals surface area contributed by atoms with Gasteiger partial charge in [0.25, 0.3) is 0 Å². The lowest BCUT2D eigenvalue weighted by molar-refractivity contribution is 0.110. The number of likely N-dealkylation sites (tertiary alicyclic amines) is 1. The SMILES string of the molecule is CCNC(CCN1CC(C)CCC1C)C(C)(C)C. The largest absolute Gasteiger partial charge is 0.314 e. The quantitative estimate of drug-likeness (QED) is 0.807. The fourth-order valence-corrected chi connectivity index (χ4v) is 3.07. The molecule has 1 fully saturated rings. The molecule has 1 saturated heterocycles. The zero-order valence-electron chi connectivity index (χ0n) is 13.4. The zero-order valence-corrected chi connectivity index (χ0v) is 13.4. The van der Waals surface area contributed by atoms with Crippen LogP contribution in [-0.4, -0.2) is 36.6 Å². The summed E-state index contributed by atoms with van der Waals surface area (Å²) >= 11 is 0. The Hall–Kier alpha value is -0.0800. The van der Waals surface area contributed by atoms with Crippen LogP contribution in [0.25, 0.3) is 0 Å². The summed E-state index contributed by atoms with van der Waals surface area (Å²) in [7, 11) is 0. The molecule has 1 rings (SSSR count). The second-order valence-electron chi connectivity index (χ2n) is 7.29. The maximum atomic E-state index is 3.66. The monoisotopic (exact) mass is 254 g/mol. The lowest BCUT2D eigenvalue weighted by atomic mass is 9.84. The van der Waals surface area contributed by atoms with Gasteiger partial charge in [-0.05, 0) is 50.6 Å². The van der Waals surface area contributed by atoms with Crippen LogP contribution >= 0.6 is 0 Å². The summed E-state index contributed by atoms with van der Waals surface area (Å²) < 4.78 is 0. The molecular weight excluding hydrogens is 220 g/mol. The van der Waals surface area contributed by atoms with Crippen LogP contribution in [0.4, 0.5) is 0 Å². The van der Waals surface area contributed by atoms with Crippen molar-refractivity contribution in [1.82, 2.24) is 10.2 Å². The first-order chi connectivity index (χ1) is 8.34. The highest BCUT2D eigenvalue weighted by Gasteiger charge is 2.27. The topological polar surface area (TPSA) is 15.3 Å². The Balaban J connectivity index is 2.45. The average molecular weight is 254 g/mol. The molecule has 0 aromatic carbocycles. The lowest BCUT2D eigenvalue weighted by Crippen LogP contribution is -2.46. The predicted octanol–water partition coefficient (Wildman–Crippen LogP) is 3.52. The molecule has 1 aliphatic rings. The molecule has 1 heterocycles. The van der Waals surface area contributed by atoms with E-state index in [0.717, 1.165) is 18.5 Å². The highest BCUT2D eigenvalue weighted by atomic mass is 15.2. The molecule has 18 heavy (non-hydrogen) atoms. The second kappa shape index (κ2) is 6.91. The number of hydrogen-bond donors (Lipinski definition) is 1. The van der Waals surface area contributed by atoms with Crippen LogP contribution in [-0.2, 0) is 0 Å². The van der Waals surface area contributed by atoms with Gasteiger partial charge >= 0.3 is 0 Å². The van der Waals surface area contributed by atoms with E-state index in [4.69, 9.17) is 0 Å². The molecule has 0 saturated carbocycles. The molecule has 2 heteroatoms. The molecule has 2 nitrogen and oxygen atoms in total. The van der Waals surface area contributed by atoms with Crippen molar-refractivity contribution >= 4 is 0 Å². The van der Waals surface area contributed by atoms with Crippen molar-refractivity contribution in [3.63, 3.8) is 0 Å². The van der Waals surface area contributed by atoms with Crippen LogP contribution in [0.2, 0.25) is 0 Å². The summed E-state index contributed by atoms with van der Waals surface area (Å²) in [6, 6.07) is 1.41. The number of nitrogens with one attached hydrogen (secondary N) is 1. The molecule has 108 valence electrons. The van der Waals surface area contributed by atoms with E-state index in [1.165, 1.54) is 32.4 Å². The first kappa shape index (κ1) is 16.0. The van der Waals surface area contributed by atoms with Crippen LogP contribution in [0, 0.1) is 11.3 Å². The first-order valence-corrected chi connectivity index (χ1v) is 7.82. The van der Waals surface area contributed by atoms with Crippen LogP contribution in [0.3, 0.4) is 0 Å². The molecular formula is C16H34N2. The lowest BCUT2D eigenvalue weighted by Gasteiger charge is -2.39. The summed E-state index contributed by atoms with van der Waals surface area (Å²) in [5, 5.41) is 3.66. The molecule has 0 radical (unpaired) electrons. The van der Waals surface area contributed by atoms with Gasteiger partial charge in [-0.1, -0.05) is 34.6 Å². The molecule has 0 bridgehead atoms. The van der Waals surface area contributed by atoms with Gasteiger partial charge in [0.15, 0.2) is 0 Å². The number of rotatable bonds is 5. The highest BCUT2D eigenvalue weighted by molar-refractivity contribution is 4.83. The van der Waals surface area contributed by atoms with Gasteiger partial charge in [0.2, 0.25) is 0 Å². The Labute approximate surface area is 115 Å². The normalized spacial score (nSPS) is 28.3. The average Bonchev–Trinajstić information content (AvgIpc) is 2.27. The van der Waals surface area contributed by atoms with Gasteiger partial charge in [0, 0.05) is 18.6 Å². The number of piperidine rings is 1. The molecule has 0 amide bonds. The van der Waals surface area contributed by atoms with Gasteiger partial charge in [-0.3, -0.25) is 0 Å². The predicted molar refractivity (Wildman–Crippen MR) is 81.0 cm³/mol. The maximum Gasteiger partial charge on any atom is 0.0128 e. The van der Waals surface area contributed by atoms with Crippen LogP contribution < -0.4 is 5.32 Å². The van der Waals surface area contributed by atoms with Gasteiger partial charge in [-0.2, -0.15) is 0 Å². The van der Waals surface area contributed by atoms with E-state index in [2.05, 4.69) is 51.8 Å². The number of nitrogens with zero attached hydrogens (tertiary/aromatic N) is 1.